The van der Waals surface area contributed by atoms with Gasteiger partial charge in [0.25, 0.3) is 0 Å². The molecule has 2 fully saturated rings. The average Bonchev–Trinajstić information content (AvgIpc) is 3.31. The number of ether oxygens (including phenoxy) is 2. The predicted molar refractivity (Wildman–Crippen MR) is 123 cm³/mol. The molecule has 1 atom stereocenters. The maximum atomic E-state index is 12.1. The summed E-state index contributed by atoms with van der Waals surface area (Å²) in [6.07, 6.45) is 4.77. The molecule has 1 aliphatic carbocycles. The average molecular weight is 432 g/mol. The van der Waals surface area contributed by atoms with Gasteiger partial charge in [0, 0.05) is 39.8 Å². The van der Waals surface area contributed by atoms with E-state index in [2.05, 4.69) is 32.7 Å². The molecule has 1 aromatic rings. The molecule has 0 spiro atoms. The molecule has 1 aromatic carbocycles. The molecular weight excluding hydrogens is 394 g/mol. The number of amides is 1. The fourth-order valence-electron chi connectivity index (χ4n) is 4.07. The molecule has 1 heterocycles. The lowest BCUT2D eigenvalue weighted by Gasteiger charge is -2.35. The number of hydrogen-bond acceptors (Lipinski definition) is 5. The largest absolute Gasteiger partial charge is 0.497 e. The SMILES string of the molecule is COc1ccc(C(CNC(=NCC(=O)N(C)C)NC2CCCC2)N2CCOCC2)cc1. The van der Waals surface area contributed by atoms with Gasteiger partial charge in [-0.15, -0.1) is 0 Å². The van der Waals surface area contributed by atoms with E-state index in [1.807, 2.05) is 12.1 Å². The van der Waals surface area contributed by atoms with E-state index in [0.29, 0.717) is 18.5 Å². The lowest BCUT2D eigenvalue weighted by atomic mass is 10.0. The first-order valence-electron chi connectivity index (χ1n) is 11.3. The number of aliphatic imine (C=N–C) groups is 1. The summed E-state index contributed by atoms with van der Waals surface area (Å²) in [7, 11) is 5.20. The summed E-state index contributed by atoms with van der Waals surface area (Å²) in [5.74, 6) is 1.56. The molecule has 8 heteroatoms. The summed E-state index contributed by atoms with van der Waals surface area (Å²) >= 11 is 0. The van der Waals surface area contributed by atoms with Gasteiger partial charge in [-0.05, 0) is 30.5 Å². The molecule has 0 bridgehead atoms. The van der Waals surface area contributed by atoms with Gasteiger partial charge < -0.3 is 25.0 Å². The minimum atomic E-state index is -0.00703. The highest BCUT2D eigenvalue weighted by molar-refractivity contribution is 5.85. The van der Waals surface area contributed by atoms with Gasteiger partial charge in [-0.2, -0.15) is 0 Å². The quantitative estimate of drug-likeness (QED) is 0.481. The van der Waals surface area contributed by atoms with Crippen molar-refractivity contribution in [3.05, 3.63) is 29.8 Å². The molecule has 1 saturated heterocycles. The molecule has 0 radical (unpaired) electrons. The first-order valence-corrected chi connectivity index (χ1v) is 11.3. The predicted octanol–water partition coefficient (Wildman–Crippen LogP) is 1.63. The van der Waals surface area contributed by atoms with Crippen LogP contribution in [0, 0.1) is 0 Å². The van der Waals surface area contributed by atoms with Crippen LogP contribution in [0.4, 0.5) is 0 Å². The first kappa shape index (κ1) is 23.3. The third kappa shape index (κ3) is 7.11. The van der Waals surface area contributed by atoms with E-state index in [1.165, 1.54) is 18.4 Å². The normalized spacial score (nSPS) is 19.1. The lowest BCUT2D eigenvalue weighted by molar-refractivity contribution is -0.127. The number of hydrogen-bond donors (Lipinski definition) is 2. The molecule has 2 aliphatic rings. The van der Waals surface area contributed by atoms with Crippen molar-refractivity contribution in [2.75, 3.05) is 60.6 Å². The molecule has 31 heavy (non-hydrogen) atoms. The van der Waals surface area contributed by atoms with E-state index < -0.39 is 0 Å². The standard InChI is InChI=1S/C23H37N5O3/c1-27(2)22(29)17-25-23(26-19-6-4-5-7-19)24-16-21(28-12-14-31-15-13-28)18-8-10-20(30-3)11-9-18/h8-11,19,21H,4-7,12-17H2,1-3H3,(H2,24,25,26). The second-order valence-electron chi connectivity index (χ2n) is 8.40. The van der Waals surface area contributed by atoms with Crippen LogP contribution in [-0.4, -0.2) is 88.3 Å². The van der Waals surface area contributed by atoms with Crippen molar-refractivity contribution in [1.82, 2.24) is 20.4 Å². The second-order valence-corrected chi connectivity index (χ2v) is 8.40. The van der Waals surface area contributed by atoms with Crippen molar-refractivity contribution >= 4 is 11.9 Å². The summed E-state index contributed by atoms with van der Waals surface area (Å²) in [6.45, 7) is 4.09. The van der Waals surface area contributed by atoms with Crippen LogP contribution in [0.25, 0.3) is 0 Å². The Bertz CT molecular complexity index is 710. The van der Waals surface area contributed by atoms with Crippen LogP contribution in [0.3, 0.4) is 0 Å². The first-order chi connectivity index (χ1) is 15.1. The number of likely N-dealkylation sites (N-methyl/N-ethyl adjacent to an activating group) is 1. The molecule has 1 unspecified atom stereocenters. The monoisotopic (exact) mass is 431 g/mol. The number of morpholine rings is 1. The van der Waals surface area contributed by atoms with Crippen LogP contribution in [0.5, 0.6) is 5.75 Å². The minimum Gasteiger partial charge on any atom is -0.497 e. The van der Waals surface area contributed by atoms with E-state index in [-0.39, 0.29) is 18.5 Å². The second kappa shape index (κ2) is 11.9. The van der Waals surface area contributed by atoms with Crippen LogP contribution >= 0.6 is 0 Å². The molecule has 2 N–H and O–H groups in total. The fraction of sp³-hybridized carbons (Fsp3) is 0.652. The van der Waals surface area contributed by atoms with Gasteiger partial charge in [0.05, 0.1) is 26.4 Å². The van der Waals surface area contributed by atoms with E-state index in [4.69, 9.17) is 9.47 Å². The molecular formula is C23H37N5O3. The number of benzene rings is 1. The van der Waals surface area contributed by atoms with E-state index in [0.717, 1.165) is 44.9 Å². The Balaban J connectivity index is 1.72. The van der Waals surface area contributed by atoms with E-state index >= 15 is 0 Å². The summed E-state index contributed by atoms with van der Waals surface area (Å²) in [5, 5.41) is 7.06. The van der Waals surface area contributed by atoms with E-state index in [1.54, 1.807) is 26.1 Å². The van der Waals surface area contributed by atoms with Gasteiger partial charge in [-0.3, -0.25) is 9.69 Å². The maximum Gasteiger partial charge on any atom is 0.243 e. The zero-order chi connectivity index (χ0) is 22.1. The summed E-state index contributed by atoms with van der Waals surface area (Å²) in [5.41, 5.74) is 1.22. The van der Waals surface area contributed by atoms with Gasteiger partial charge in [0.1, 0.15) is 12.3 Å². The number of carbonyl (C=O) groups excluding carboxylic acids is 1. The number of guanidine groups is 1. The van der Waals surface area contributed by atoms with Gasteiger partial charge in [-0.25, -0.2) is 4.99 Å². The van der Waals surface area contributed by atoms with Crippen molar-refractivity contribution in [1.29, 1.82) is 0 Å². The number of nitrogens with zero attached hydrogens (tertiary/aromatic N) is 3. The zero-order valence-electron chi connectivity index (χ0n) is 19.1. The van der Waals surface area contributed by atoms with Gasteiger partial charge in [0.15, 0.2) is 5.96 Å². The molecule has 1 aliphatic heterocycles. The highest BCUT2D eigenvalue weighted by Crippen LogP contribution is 2.24. The Morgan fingerprint density at radius 1 is 1.23 bits per heavy atom. The highest BCUT2D eigenvalue weighted by Gasteiger charge is 2.24. The number of nitrogens with one attached hydrogen (secondary N) is 2. The van der Waals surface area contributed by atoms with Crippen molar-refractivity contribution in [3.63, 3.8) is 0 Å². The van der Waals surface area contributed by atoms with Crippen LogP contribution in [0.1, 0.15) is 37.3 Å². The molecule has 1 saturated carbocycles. The Morgan fingerprint density at radius 2 is 1.90 bits per heavy atom. The van der Waals surface area contributed by atoms with Crippen LogP contribution in [-0.2, 0) is 9.53 Å². The molecule has 172 valence electrons. The zero-order valence-corrected chi connectivity index (χ0v) is 19.1. The molecule has 3 rings (SSSR count). The van der Waals surface area contributed by atoms with E-state index in [9.17, 15) is 4.79 Å². The summed E-state index contributed by atoms with van der Waals surface area (Å²) < 4.78 is 10.9. The van der Waals surface area contributed by atoms with Gasteiger partial charge >= 0.3 is 0 Å². The lowest BCUT2D eigenvalue weighted by Crippen LogP contribution is -2.48. The minimum absolute atomic E-state index is 0.00703. The fourth-order valence-corrected chi connectivity index (χ4v) is 4.07. The smallest absolute Gasteiger partial charge is 0.243 e. The Hall–Kier alpha value is -2.32. The Kier molecular flexibility index (Phi) is 8.97. The number of carbonyl (C=O) groups is 1. The highest BCUT2D eigenvalue weighted by atomic mass is 16.5. The number of rotatable bonds is 8. The van der Waals surface area contributed by atoms with Crippen molar-refractivity contribution in [3.8, 4) is 5.75 Å². The topological polar surface area (TPSA) is 78.4 Å². The Labute approximate surface area is 186 Å². The maximum absolute atomic E-state index is 12.1. The van der Waals surface area contributed by atoms with Crippen molar-refractivity contribution < 1.29 is 14.3 Å². The van der Waals surface area contributed by atoms with Crippen molar-refractivity contribution in [2.24, 2.45) is 4.99 Å². The summed E-state index contributed by atoms with van der Waals surface area (Å²) in [6, 6.07) is 8.85. The molecule has 0 aromatic heterocycles. The van der Waals surface area contributed by atoms with Crippen LogP contribution in [0.2, 0.25) is 0 Å². The number of methoxy groups -OCH3 is 1. The Morgan fingerprint density at radius 3 is 2.52 bits per heavy atom. The van der Waals surface area contributed by atoms with Gasteiger partial charge in [-0.1, -0.05) is 25.0 Å². The van der Waals surface area contributed by atoms with Gasteiger partial charge in [0.2, 0.25) is 5.91 Å². The van der Waals surface area contributed by atoms with Crippen LogP contribution in [0.15, 0.2) is 29.3 Å². The third-order valence-electron chi connectivity index (χ3n) is 6.02. The summed E-state index contributed by atoms with van der Waals surface area (Å²) in [4.78, 5) is 20.7. The molecule has 1 amide bonds. The molecule has 8 nitrogen and oxygen atoms in total. The van der Waals surface area contributed by atoms with Crippen LogP contribution < -0.4 is 15.4 Å². The van der Waals surface area contributed by atoms with Crippen molar-refractivity contribution in [2.45, 2.75) is 37.8 Å². The third-order valence-corrected chi connectivity index (χ3v) is 6.02.